The highest BCUT2D eigenvalue weighted by Crippen LogP contribution is 2.36. The fourth-order valence-corrected chi connectivity index (χ4v) is 2.81. The predicted molar refractivity (Wildman–Crippen MR) is 101 cm³/mol. The molecule has 0 N–H and O–H groups in total. The van der Waals surface area contributed by atoms with Crippen molar-refractivity contribution in [2.75, 3.05) is 0 Å². The van der Waals surface area contributed by atoms with Gasteiger partial charge in [-0.05, 0) is 76.0 Å². The van der Waals surface area contributed by atoms with E-state index in [4.69, 9.17) is 14.6 Å². The number of benzene rings is 2. The van der Waals surface area contributed by atoms with Crippen molar-refractivity contribution in [2.24, 2.45) is 0 Å². The fourth-order valence-electron chi connectivity index (χ4n) is 2.81. The van der Waals surface area contributed by atoms with E-state index in [0.29, 0.717) is 22.3 Å². The molecule has 0 bridgehead atoms. The highest BCUT2D eigenvalue weighted by Gasteiger charge is 2.52. The molecule has 2 aromatic rings. The minimum atomic E-state index is -0.508. The number of hydrogen-bond donors (Lipinski definition) is 0. The van der Waals surface area contributed by atoms with Gasteiger partial charge in [-0.25, -0.2) is 0 Å². The Balaban J connectivity index is 1.86. The topological polar surface area (TPSA) is 59.3 Å². The number of carbonyl (C=O) groups excluding carboxylic acids is 1. The van der Waals surface area contributed by atoms with Gasteiger partial charge in [0.2, 0.25) is 0 Å². The summed E-state index contributed by atoms with van der Waals surface area (Å²) in [5.74, 6) is -0.111. The summed E-state index contributed by atoms with van der Waals surface area (Å²) < 4.78 is 12.1. The third kappa shape index (κ3) is 3.19. The zero-order valence-corrected chi connectivity index (χ0v) is 15.5. The molecular formula is C21H21BNO3. The van der Waals surface area contributed by atoms with Crippen LogP contribution in [-0.2, 0) is 9.31 Å². The molecule has 0 atom stereocenters. The summed E-state index contributed by atoms with van der Waals surface area (Å²) in [7, 11) is -0.508. The van der Waals surface area contributed by atoms with E-state index in [2.05, 4.69) is 6.92 Å². The second kappa shape index (κ2) is 6.39. The van der Waals surface area contributed by atoms with E-state index in [-0.39, 0.29) is 5.78 Å². The van der Waals surface area contributed by atoms with Gasteiger partial charge in [-0.1, -0.05) is 12.1 Å². The Morgan fingerprint density at radius 1 is 1.00 bits per heavy atom. The summed E-state index contributed by atoms with van der Waals surface area (Å²) in [5.41, 5.74) is 2.26. The first-order chi connectivity index (χ1) is 12.1. The maximum atomic E-state index is 12.7. The standard InChI is InChI=1S/C21H21BNO3/c1-14-12-17(19(24)16-8-6-15(13-23)7-9-16)10-11-18(14)22-25-20(2,3)21(4,5)26-22/h6-12H,1H2,2-5H3. The van der Waals surface area contributed by atoms with E-state index < -0.39 is 18.3 Å². The van der Waals surface area contributed by atoms with Crippen LogP contribution in [-0.4, -0.2) is 24.1 Å². The maximum Gasteiger partial charge on any atom is 0.495 e. The molecular weight excluding hydrogens is 325 g/mol. The number of ketones is 1. The third-order valence-corrected chi connectivity index (χ3v) is 5.19. The second-order valence-corrected chi connectivity index (χ2v) is 7.52. The van der Waals surface area contributed by atoms with Crippen LogP contribution in [0, 0.1) is 18.3 Å². The van der Waals surface area contributed by atoms with E-state index in [1.165, 1.54) is 0 Å². The van der Waals surface area contributed by atoms with Crippen LogP contribution in [0.2, 0.25) is 0 Å². The van der Waals surface area contributed by atoms with Crippen molar-refractivity contribution in [3.63, 3.8) is 0 Å². The van der Waals surface area contributed by atoms with Crippen molar-refractivity contribution in [3.8, 4) is 6.07 Å². The van der Waals surface area contributed by atoms with E-state index in [0.717, 1.165) is 5.46 Å². The lowest BCUT2D eigenvalue weighted by Crippen LogP contribution is -2.41. The quantitative estimate of drug-likeness (QED) is 0.632. The number of carbonyl (C=O) groups is 1. The lowest BCUT2D eigenvalue weighted by molar-refractivity contribution is 0.00578. The highest BCUT2D eigenvalue weighted by atomic mass is 16.7. The highest BCUT2D eigenvalue weighted by molar-refractivity contribution is 6.62. The van der Waals surface area contributed by atoms with Crippen molar-refractivity contribution in [1.82, 2.24) is 0 Å². The summed E-state index contributed by atoms with van der Waals surface area (Å²) in [6, 6.07) is 14.0. The molecule has 0 spiro atoms. The monoisotopic (exact) mass is 346 g/mol. The van der Waals surface area contributed by atoms with E-state index in [9.17, 15) is 4.79 Å². The zero-order valence-electron chi connectivity index (χ0n) is 15.5. The number of nitrogens with zero attached hydrogens (tertiary/aromatic N) is 1. The molecule has 2 aromatic carbocycles. The molecule has 1 heterocycles. The summed E-state index contributed by atoms with van der Waals surface area (Å²) in [6.07, 6.45) is 0. The molecule has 3 rings (SSSR count). The van der Waals surface area contributed by atoms with E-state index in [1.807, 2.05) is 39.8 Å². The van der Waals surface area contributed by atoms with Crippen LogP contribution in [0.1, 0.15) is 54.7 Å². The molecule has 26 heavy (non-hydrogen) atoms. The normalized spacial score (nSPS) is 17.8. The van der Waals surface area contributed by atoms with Crippen molar-refractivity contribution in [2.45, 2.75) is 38.9 Å². The first-order valence-corrected chi connectivity index (χ1v) is 8.51. The van der Waals surface area contributed by atoms with Crippen LogP contribution < -0.4 is 5.46 Å². The fraction of sp³-hybridized carbons (Fsp3) is 0.286. The van der Waals surface area contributed by atoms with Gasteiger partial charge >= 0.3 is 7.12 Å². The van der Waals surface area contributed by atoms with Gasteiger partial charge in [0, 0.05) is 11.1 Å². The molecule has 1 radical (unpaired) electrons. The molecule has 0 saturated carbocycles. The average Bonchev–Trinajstić information content (AvgIpc) is 2.81. The Labute approximate surface area is 154 Å². The van der Waals surface area contributed by atoms with Gasteiger partial charge in [0.05, 0.1) is 22.8 Å². The lowest BCUT2D eigenvalue weighted by Gasteiger charge is -2.32. The van der Waals surface area contributed by atoms with Gasteiger partial charge in [-0.2, -0.15) is 5.26 Å². The summed E-state index contributed by atoms with van der Waals surface area (Å²) in [4.78, 5) is 12.7. The van der Waals surface area contributed by atoms with Gasteiger partial charge in [-0.15, -0.1) is 0 Å². The zero-order chi connectivity index (χ0) is 19.1. The Hall–Kier alpha value is -2.42. The van der Waals surface area contributed by atoms with E-state index in [1.54, 1.807) is 36.4 Å². The molecule has 1 fully saturated rings. The predicted octanol–water partition coefficient (Wildman–Crippen LogP) is 3.27. The van der Waals surface area contributed by atoms with Gasteiger partial charge in [0.1, 0.15) is 0 Å². The molecule has 4 nitrogen and oxygen atoms in total. The number of nitriles is 1. The molecule has 5 heteroatoms. The minimum Gasteiger partial charge on any atom is -0.399 e. The van der Waals surface area contributed by atoms with Crippen LogP contribution >= 0.6 is 0 Å². The van der Waals surface area contributed by atoms with Crippen LogP contribution in [0.15, 0.2) is 42.5 Å². The smallest absolute Gasteiger partial charge is 0.399 e. The first kappa shape index (κ1) is 18.4. The van der Waals surface area contributed by atoms with Gasteiger partial charge in [0.15, 0.2) is 5.78 Å². The minimum absolute atomic E-state index is 0.111. The molecule has 1 aliphatic heterocycles. The summed E-state index contributed by atoms with van der Waals surface area (Å²) >= 11 is 0. The molecule has 0 amide bonds. The molecule has 0 aliphatic carbocycles. The van der Waals surface area contributed by atoms with Gasteiger partial charge in [-0.3, -0.25) is 4.79 Å². The number of rotatable bonds is 3. The third-order valence-electron chi connectivity index (χ3n) is 5.19. The van der Waals surface area contributed by atoms with Crippen LogP contribution in [0.25, 0.3) is 0 Å². The van der Waals surface area contributed by atoms with E-state index >= 15 is 0 Å². The largest absolute Gasteiger partial charge is 0.495 e. The summed E-state index contributed by atoms with van der Waals surface area (Å²) in [6.45, 7) is 12.1. The molecule has 0 aromatic heterocycles. The maximum absolute atomic E-state index is 12.7. The SMILES string of the molecule is [CH2]c1cc(C(=O)c2ccc(C#N)cc2)ccc1B1OC(C)(C)C(C)(C)O1. The van der Waals surface area contributed by atoms with Crippen molar-refractivity contribution in [1.29, 1.82) is 5.26 Å². The van der Waals surface area contributed by atoms with Gasteiger partial charge < -0.3 is 9.31 Å². The Bertz CT molecular complexity index is 878. The van der Waals surface area contributed by atoms with Crippen LogP contribution in [0.5, 0.6) is 0 Å². The second-order valence-electron chi connectivity index (χ2n) is 7.52. The Morgan fingerprint density at radius 3 is 2.04 bits per heavy atom. The Kier molecular flexibility index (Phi) is 4.52. The first-order valence-electron chi connectivity index (χ1n) is 8.51. The lowest BCUT2D eigenvalue weighted by atomic mass is 9.75. The van der Waals surface area contributed by atoms with Crippen LogP contribution in [0.4, 0.5) is 0 Å². The van der Waals surface area contributed by atoms with Crippen molar-refractivity contribution < 1.29 is 14.1 Å². The van der Waals surface area contributed by atoms with Crippen molar-refractivity contribution >= 4 is 18.4 Å². The van der Waals surface area contributed by atoms with Crippen molar-refractivity contribution in [3.05, 3.63) is 71.6 Å². The molecule has 1 saturated heterocycles. The summed E-state index contributed by atoms with van der Waals surface area (Å²) in [5, 5.41) is 8.86. The average molecular weight is 346 g/mol. The molecule has 1 aliphatic rings. The van der Waals surface area contributed by atoms with Crippen LogP contribution in [0.3, 0.4) is 0 Å². The molecule has 0 unspecified atom stereocenters. The number of hydrogen-bond acceptors (Lipinski definition) is 4. The molecule has 131 valence electrons. The van der Waals surface area contributed by atoms with Gasteiger partial charge in [0.25, 0.3) is 0 Å². The Morgan fingerprint density at radius 2 is 1.54 bits per heavy atom.